The van der Waals surface area contributed by atoms with Crippen molar-refractivity contribution in [2.75, 3.05) is 13.2 Å². The third kappa shape index (κ3) is 7.62. The van der Waals surface area contributed by atoms with Gasteiger partial charge in [0, 0.05) is 6.54 Å². The minimum absolute atomic E-state index is 0. The molecular weight excluding hydrogens is 407 g/mol. The molecule has 22 heavy (non-hydrogen) atoms. The molecule has 0 saturated heterocycles. The molecule has 1 aromatic carbocycles. The van der Waals surface area contributed by atoms with Gasteiger partial charge in [-0.25, -0.2) is 4.99 Å². The molecule has 0 aliphatic carbocycles. The first-order chi connectivity index (χ1) is 10.1. The molecule has 1 rings (SSSR count). The van der Waals surface area contributed by atoms with Crippen molar-refractivity contribution in [1.82, 2.24) is 5.32 Å². The molecule has 0 spiro atoms. The summed E-state index contributed by atoms with van der Waals surface area (Å²) in [6.07, 6.45) is 0.949. The number of hydrogen-bond acceptors (Lipinski definition) is 3. The lowest BCUT2D eigenvalue weighted by atomic mass is 10.2. The highest BCUT2D eigenvalue weighted by Gasteiger charge is 2.11. The second-order valence-electron chi connectivity index (χ2n) is 4.22. The van der Waals surface area contributed by atoms with Crippen LogP contribution in [-0.4, -0.2) is 25.7 Å². The van der Waals surface area contributed by atoms with Crippen LogP contribution in [0.1, 0.15) is 25.8 Å². The van der Waals surface area contributed by atoms with Crippen LogP contribution in [0.15, 0.2) is 23.2 Å². The predicted octanol–water partition coefficient (Wildman–Crippen LogP) is 3.12. The van der Waals surface area contributed by atoms with Crippen LogP contribution in [0.3, 0.4) is 0 Å². The fourth-order valence-corrected chi connectivity index (χ4v) is 1.60. The Morgan fingerprint density at radius 2 is 2.05 bits per heavy atom. The first-order valence-corrected chi connectivity index (χ1v) is 6.81. The minimum atomic E-state index is -2.89. The van der Waals surface area contributed by atoms with Gasteiger partial charge in [0.2, 0.25) is 0 Å². The molecule has 0 fully saturated rings. The molecular formula is C14H22F2IN3O2. The van der Waals surface area contributed by atoms with E-state index in [0.29, 0.717) is 19.1 Å². The number of aliphatic imine (C=N–C) groups is 1. The van der Waals surface area contributed by atoms with Gasteiger partial charge in [0.1, 0.15) is 0 Å². The van der Waals surface area contributed by atoms with E-state index in [4.69, 9.17) is 10.5 Å². The fraction of sp³-hybridized carbons (Fsp3) is 0.500. The third-order valence-corrected chi connectivity index (χ3v) is 2.51. The maximum absolute atomic E-state index is 12.3. The van der Waals surface area contributed by atoms with Crippen molar-refractivity contribution in [3.8, 4) is 11.5 Å². The van der Waals surface area contributed by atoms with E-state index < -0.39 is 6.61 Å². The van der Waals surface area contributed by atoms with Crippen molar-refractivity contribution in [2.45, 2.75) is 33.4 Å². The van der Waals surface area contributed by atoms with Gasteiger partial charge in [0.05, 0.1) is 13.2 Å². The second-order valence-corrected chi connectivity index (χ2v) is 4.22. The standard InChI is InChI=1S/C14H21F2N3O2.HI/c1-3-7-18-14(17)19-9-10-5-6-11(21-13(15)16)12(8-10)20-4-2;/h5-6,8,13H,3-4,7,9H2,1-2H3,(H3,17,18,19);1H. The topological polar surface area (TPSA) is 68.9 Å². The van der Waals surface area contributed by atoms with Crippen molar-refractivity contribution >= 4 is 29.9 Å². The number of guanidine groups is 1. The number of nitrogens with zero attached hydrogens (tertiary/aromatic N) is 1. The second kappa shape index (κ2) is 11.3. The molecule has 0 atom stereocenters. The summed E-state index contributed by atoms with van der Waals surface area (Å²) < 4.78 is 34.3. The van der Waals surface area contributed by atoms with Crippen molar-refractivity contribution in [3.63, 3.8) is 0 Å². The summed E-state index contributed by atoms with van der Waals surface area (Å²) >= 11 is 0. The molecule has 0 amide bonds. The average Bonchev–Trinajstić information content (AvgIpc) is 2.45. The van der Waals surface area contributed by atoms with E-state index in [0.717, 1.165) is 18.5 Å². The Balaban J connectivity index is 0.00000441. The normalized spacial score (nSPS) is 11.0. The summed E-state index contributed by atoms with van der Waals surface area (Å²) in [5.74, 6) is 0.630. The maximum Gasteiger partial charge on any atom is 0.387 e. The van der Waals surface area contributed by atoms with Gasteiger partial charge in [-0.3, -0.25) is 0 Å². The highest BCUT2D eigenvalue weighted by Crippen LogP contribution is 2.30. The monoisotopic (exact) mass is 429 g/mol. The van der Waals surface area contributed by atoms with Crippen LogP contribution in [0, 0.1) is 0 Å². The Kier molecular flexibility index (Phi) is 10.6. The van der Waals surface area contributed by atoms with E-state index in [9.17, 15) is 8.78 Å². The molecule has 0 unspecified atom stereocenters. The van der Waals surface area contributed by atoms with Crippen molar-refractivity contribution in [1.29, 1.82) is 0 Å². The summed E-state index contributed by atoms with van der Waals surface area (Å²) in [6.45, 7) is 2.34. The molecule has 1 aromatic rings. The number of nitrogens with one attached hydrogen (secondary N) is 1. The quantitative estimate of drug-likeness (QED) is 0.379. The zero-order valence-corrected chi connectivity index (χ0v) is 15.0. The van der Waals surface area contributed by atoms with Crippen LogP contribution in [-0.2, 0) is 6.54 Å². The molecule has 0 heterocycles. The molecule has 0 radical (unpaired) electrons. The van der Waals surface area contributed by atoms with Gasteiger partial charge < -0.3 is 20.5 Å². The number of nitrogens with two attached hydrogens (primary N) is 1. The van der Waals surface area contributed by atoms with Crippen LogP contribution in [0.2, 0.25) is 0 Å². The van der Waals surface area contributed by atoms with Crippen LogP contribution < -0.4 is 20.5 Å². The Morgan fingerprint density at radius 3 is 2.64 bits per heavy atom. The lowest BCUT2D eigenvalue weighted by molar-refractivity contribution is -0.0514. The largest absolute Gasteiger partial charge is 0.490 e. The lowest BCUT2D eigenvalue weighted by Gasteiger charge is -2.12. The number of ether oxygens (including phenoxy) is 2. The summed E-state index contributed by atoms with van der Waals surface area (Å²) in [7, 11) is 0. The summed E-state index contributed by atoms with van der Waals surface area (Å²) in [4.78, 5) is 4.16. The van der Waals surface area contributed by atoms with Crippen molar-refractivity contribution < 1.29 is 18.3 Å². The molecule has 0 aliphatic heterocycles. The summed E-state index contributed by atoms with van der Waals surface area (Å²) in [5.41, 5.74) is 6.48. The maximum atomic E-state index is 12.3. The van der Waals surface area contributed by atoms with Crippen LogP contribution in [0.4, 0.5) is 8.78 Å². The molecule has 0 saturated carbocycles. The lowest BCUT2D eigenvalue weighted by Crippen LogP contribution is -2.32. The fourth-order valence-electron chi connectivity index (χ4n) is 1.60. The summed E-state index contributed by atoms with van der Waals surface area (Å²) in [6, 6.07) is 4.71. The first kappa shape index (κ1) is 20.7. The van der Waals surface area contributed by atoms with Crippen LogP contribution in [0.5, 0.6) is 11.5 Å². The number of halogens is 3. The van der Waals surface area contributed by atoms with E-state index in [-0.39, 0.29) is 35.5 Å². The van der Waals surface area contributed by atoms with E-state index in [1.165, 1.54) is 6.07 Å². The SMILES string of the molecule is CCCNC(N)=NCc1ccc(OC(F)F)c(OCC)c1.I. The zero-order valence-electron chi connectivity index (χ0n) is 12.6. The van der Waals surface area contributed by atoms with Gasteiger partial charge >= 0.3 is 6.61 Å². The molecule has 5 nitrogen and oxygen atoms in total. The van der Waals surface area contributed by atoms with Gasteiger partial charge in [0.15, 0.2) is 17.5 Å². The van der Waals surface area contributed by atoms with Gasteiger partial charge in [-0.2, -0.15) is 8.78 Å². The zero-order chi connectivity index (χ0) is 15.7. The van der Waals surface area contributed by atoms with Gasteiger partial charge in [-0.05, 0) is 31.0 Å². The van der Waals surface area contributed by atoms with Crippen molar-refractivity contribution in [2.24, 2.45) is 10.7 Å². The molecule has 126 valence electrons. The molecule has 0 bridgehead atoms. The Labute approximate surface area is 146 Å². The molecule has 0 aliphatic rings. The van der Waals surface area contributed by atoms with Gasteiger partial charge in [0.25, 0.3) is 0 Å². The smallest absolute Gasteiger partial charge is 0.387 e. The van der Waals surface area contributed by atoms with Gasteiger partial charge in [-0.15, -0.1) is 24.0 Å². The Morgan fingerprint density at radius 1 is 1.32 bits per heavy atom. The Bertz CT molecular complexity index is 473. The highest BCUT2D eigenvalue weighted by atomic mass is 127. The third-order valence-electron chi connectivity index (χ3n) is 2.51. The van der Waals surface area contributed by atoms with E-state index >= 15 is 0 Å². The van der Waals surface area contributed by atoms with Gasteiger partial charge in [-0.1, -0.05) is 13.0 Å². The first-order valence-electron chi connectivity index (χ1n) is 6.81. The Hall–Kier alpha value is -1.32. The number of rotatable bonds is 8. The number of alkyl halides is 2. The highest BCUT2D eigenvalue weighted by molar-refractivity contribution is 14.0. The van der Waals surface area contributed by atoms with E-state index in [1.807, 2.05) is 6.92 Å². The summed E-state index contributed by atoms with van der Waals surface area (Å²) in [5, 5.41) is 2.95. The number of hydrogen-bond donors (Lipinski definition) is 2. The van der Waals surface area contributed by atoms with Crippen molar-refractivity contribution in [3.05, 3.63) is 23.8 Å². The average molecular weight is 429 g/mol. The molecule has 3 N–H and O–H groups in total. The van der Waals surface area contributed by atoms with Crippen LogP contribution >= 0.6 is 24.0 Å². The van der Waals surface area contributed by atoms with Crippen LogP contribution in [0.25, 0.3) is 0 Å². The molecule has 0 aromatic heterocycles. The van der Waals surface area contributed by atoms with E-state index in [1.54, 1.807) is 19.1 Å². The molecule has 8 heteroatoms. The predicted molar refractivity (Wildman–Crippen MR) is 93.3 cm³/mol. The van der Waals surface area contributed by atoms with E-state index in [2.05, 4.69) is 15.0 Å². The number of benzene rings is 1. The minimum Gasteiger partial charge on any atom is -0.490 e.